The monoisotopic (exact) mass is 486 g/mol. The van der Waals surface area contributed by atoms with Gasteiger partial charge in [0.15, 0.2) is 0 Å². The highest BCUT2D eigenvalue weighted by molar-refractivity contribution is 5.41. The van der Waals surface area contributed by atoms with Gasteiger partial charge in [0.1, 0.15) is 34.5 Å². The van der Waals surface area contributed by atoms with E-state index in [1.807, 2.05) is 12.1 Å². The third-order valence-corrected chi connectivity index (χ3v) is 6.46. The first kappa shape index (κ1) is 24.8. The van der Waals surface area contributed by atoms with E-state index in [2.05, 4.69) is 0 Å². The van der Waals surface area contributed by atoms with E-state index in [-0.39, 0.29) is 46.3 Å². The zero-order chi connectivity index (χ0) is 25.7. The highest BCUT2D eigenvalue weighted by atomic mass is 16.3. The summed E-state index contributed by atoms with van der Waals surface area (Å²) in [4.78, 5) is 0. The molecule has 0 aliphatic rings. The number of phenols is 6. The van der Waals surface area contributed by atoms with Gasteiger partial charge in [0.2, 0.25) is 0 Å². The Bertz CT molecular complexity index is 1290. The topological polar surface area (TPSA) is 121 Å². The molecule has 36 heavy (non-hydrogen) atoms. The van der Waals surface area contributed by atoms with E-state index in [0.717, 1.165) is 22.3 Å². The third kappa shape index (κ3) is 6.63. The fraction of sp³-hybridized carbons (Fsp3) is 0.200. The molecule has 2 atom stereocenters. The number of benzene rings is 4. The van der Waals surface area contributed by atoms with Gasteiger partial charge in [-0.15, -0.1) is 0 Å². The van der Waals surface area contributed by atoms with Crippen molar-refractivity contribution < 1.29 is 30.6 Å². The molecule has 6 heteroatoms. The van der Waals surface area contributed by atoms with Crippen molar-refractivity contribution in [3.8, 4) is 34.5 Å². The van der Waals surface area contributed by atoms with Crippen LogP contribution in [0.4, 0.5) is 0 Å². The number of aromatic hydroxyl groups is 6. The highest BCUT2D eigenvalue weighted by Gasteiger charge is 2.26. The maximum atomic E-state index is 10.2. The fourth-order valence-electron chi connectivity index (χ4n) is 4.91. The van der Waals surface area contributed by atoms with Crippen molar-refractivity contribution in [2.24, 2.45) is 5.92 Å². The number of aryl methyl sites for hydroxylation is 1. The number of hydrogen-bond acceptors (Lipinski definition) is 6. The van der Waals surface area contributed by atoms with Crippen LogP contribution in [0, 0.1) is 5.92 Å². The summed E-state index contributed by atoms with van der Waals surface area (Å²) in [7, 11) is 0. The van der Waals surface area contributed by atoms with E-state index in [1.54, 1.807) is 60.7 Å². The van der Waals surface area contributed by atoms with Crippen LogP contribution >= 0.6 is 0 Å². The Morgan fingerprint density at radius 2 is 0.944 bits per heavy atom. The SMILES string of the molecule is Oc1cc(O)cc(CC[C@H](Cc2cccc(O)c2)[C@@H](Cc2cccc(O)c2)c2cc(O)cc(O)c2)c1. The van der Waals surface area contributed by atoms with Crippen LogP contribution in [0.2, 0.25) is 0 Å². The molecule has 186 valence electrons. The Balaban J connectivity index is 1.73. The first-order valence-corrected chi connectivity index (χ1v) is 11.9. The van der Waals surface area contributed by atoms with E-state index in [9.17, 15) is 30.6 Å². The van der Waals surface area contributed by atoms with Crippen LogP contribution in [0.5, 0.6) is 34.5 Å². The second kappa shape index (κ2) is 11.0. The van der Waals surface area contributed by atoms with Gasteiger partial charge in [0, 0.05) is 12.1 Å². The molecule has 4 aromatic carbocycles. The molecule has 0 heterocycles. The molecule has 0 bridgehead atoms. The molecule has 0 aliphatic carbocycles. The van der Waals surface area contributed by atoms with Gasteiger partial charge in [-0.25, -0.2) is 0 Å². The lowest BCUT2D eigenvalue weighted by Crippen LogP contribution is -2.19. The maximum Gasteiger partial charge on any atom is 0.119 e. The van der Waals surface area contributed by atoms with Crippen molar-refractivity contribution in [3.63, 3.8) is 0 Å². The minimum Gasteiger partial charge on any atom is -0.508 e. The van der Waals surface area contributed by atoms with Crippen molar-refractivity contribution in [2.45, 2.75) is 31.6 Å². The summed E-state index contributed by atoms with van der Waals surface area (Å²) in [6, 6.07) is 23.2. The van der Waals surface area contributed by atoms with Crippen molar-refractivity contribution in [3.05, 3.63) is 107 Å². The Labute approximate surface area is 210 Å². The van der Waals surface area contributed by atoms with Gasteiger partial charge in [-0.3, -0.25) is 0 Å². The normalized spacial score (nSPS) is 12.8. The van der Waals surface area contributed by atoms with Crippen LogP contribution in [0.3, 0.4) is 0 Å². The Morgan fingerprint density at radius 1 is 0.472 bits per heavy atom. The molecule has 0 saturated carbocycles. The lowest BCUT2D eigenvalue weighted by atomic mass is 9.75. The van der Waals surface area contributed by atoms with Crippen molar-refractivity contribution in [2.75, 3.05) is 0 Å². The van der Waals surface area contributed by atoms with Crippen LogP contribution in [-0.4, -0.2) is 30.6 Å². The molecule has 0 aromatic heterocycles. The average molecular weight is 487 g/mol. The molecule has 0 unspecified atom stereocenters. The summed E-state index contributed by atoms with van der Waals surface area (Å²) in [5, 5.41) is 60.4. The van der Waals surface area contributed by atoms with Gasteiger partial charge in [0.25, 0.3) is 0 Å². The largest absolute Gasteiger partial charge is 0.508 e. The summed E-state index contributed by atoms with van der Waals surface area (Å²) in [6.07, 6.45) is 2.34. The highest BCUT2D eigenvalue weighted by Crippen LogP contribution is 2.38. The molecule has 0 saturated heterocycles. The molecule has 0 spiro atoms. The predicted octanol–water partition coefficient (Wildman–Crippen LogP) is 5.74. The summed E-state index contributed by atoms with van der Waals surface area (Å²) in [6.45, 7) is 0. The van der Waals surface area contributed by atoms with E-state index in [1.165, 1.54) is 12.1 Å². The van der Waals surface area contributed by atoms with Crippen molar-refractivity contribution >= 4 is 0 Å². The van der Waals surface area contributed by atoms with E-state index in [4.69, 9.17) is 0 Å². The van der Waals surface area contributed by atoms with Crippen molar-refractivity contribution in [1.82, 2.24) is 0 Å². The zero-order valence-electron chi connectivity index (χ0n) is 19.7. The molecule has 4 rings (SSSR count). The zero-order valence-corrected chi connectivity index (χ0v) is 19.7. The summed E-state index contributed by atoms with van der Waals surface area (Å²) in [5.74, 6) is 0.0266. The molecule has 0 aliphatic heterocycles. The minimum absolute atomic E-state index is 0.0104. The van der Waals surface area contributed by atoms with Gasteiger partial charge in [-0.1, -0.05) is 24.3 Å². The minimum atomic E-state index is -0.168. The quantitative estimate of drug-likeness (QED) is 0.179. The van der Waals surface area contributed by atoms with Crippen LogP contribution in [-0.2, 0) is 19.3 Å². The molecule has 6 N–H and O–H groups in total. The second-order valence-electron chi connectivity index (χ2n) is 9.29. The summed E-state index contributed by atoms with van der Waals surface area (Å²) in [5.41, 5.74) is 3.37. The molecule has 0 radical (unpaired) electrons. The van der Waals surface area contributed by atoms with Crippen molar-refractivity contribution in [1.29, 1.82) is 0 Å². The van der Waals surface area contributed by atoms with Gasteiger partial charge in [-0.05, 0) is 108 Å². The van der Waals surface area contributed by atoms with E-state index >= 15 is 0 Å². The molecule has 4 aromatic rings. The lowest BCUT2D eigenvalue weighted by molar-refractivity contribution is 0.382. The van der Waals surface area contributed by atoms with Crippen LogP contribution < -0.4 is 0 Å². The Morgan fingerprint density at radius 3 is 1.47 bits per heavy atom. The van der Waals surface area contributed by atoms with Crippen LogP contribution in [0.25, 0.3) is 0 Å². The van der Waals surface area contributed by atoms with Crippen LogP contribution in [0.15, 0.2) is 84.9 Å². The van der Waals surface area contributed by atoms with Gasteiger partial charge >= 0.3 is 0 Å². The first-order valence-electron chi connectivity index (χ1n) is 11.9. The number of phenolic OH excluding ortho intramolecular Hbond substituents is 6. The van der Waals surface area contributed by atoms with Gasteiger partial charge < -0.3 is 30.6 Å². The van der Waals surface area contributed by atoms with Crippen LogP contribution in [0.1, 0.15) is 34.6 Å². The Hall–Kier alpha value is -4.32. The number of rotatable bonds is 9. The molecular formula is C30H30O6. The second-order valence-corrected chi connectivity index (χ2v) is 9.29. The standard InChI is InChI=1S/C30H30O6/c31-24-5-1-3-19(10-24)9-22(8-7-21-12-26(33)17-27(34)13-21)30(14-20-4-2-6-25(32)11-20)23-15-28(35)18-29(36)16-23/h1-6,10-13,15-18,22,30-36H,7-9,14H2/t22-,30-/m1/s1. The first-order chi connectivity index (χ1) is 17.2. The van der Waals surface area contributed by atoms with E-state index < -0.39 is 0 Å². The van der Waals surface area contributed by atoms with Gasteiger partial charge in [0.05, 0.1) is 0 Å². The predicted molar refractivity (Wildman–Crippen MR) is 138 cm³/mol. The summed E-state index contributed by atoms with van der Waals surface area (Å²) >= 11 is 0. The molecule has 0 fully saturated rings. The maximum absolute atomic E-state index is 10.2. The smallest absolute Gasteiger partial charge is 0.119 e. The number of hydrogen-bond donors (Lipinski definition) is 6. The summed E-state index contributed by atoms with van der Waals surface area (Å²) < 4.78 is 0. The van der Waals surface area contributed by atoms with E-state index in [0.29, 0.717) is 25.7 Å². The molecule has 0 amide bonds. The lowest BCUT2D eigenvalue weighted by Gasteiger charge is -2.29. The van der Waals surface area contributed by atoms with Gasteiger partial charge in [-0.2, -0.15) is 0 Å². The third-order valence-electron chi connectivity index (χ3n) is 6.46. The Kier molecular flexibility index (Phi) is 7.54. The average Bonchev–Trinajstić information content (AvgIpc) is 2.79. The molecular weight excluding hydrogens is 456 g/mol. The fourth-order valence-corrected chi connectivity index (χ4v) is 4.91. The molecule has 6 nitrogen and oxygen atoms in total.